The van der Waals surface area contributed by atoms with E-state index < -0.39 is 6.04 Å². The van der Waals surface area contributed by atoms with Crippen molar-refractivity contribution in [3.05, 3.63) is 64.2 Å². The SMILES string of the molecule is Cc1ccccc1C(=O)N1CCN(c2cccc(Cl)c2C)C(=O)[C@@H]1C. The lowest BCUT2D eigenvalue weighted by atomic mass is 10.0. The number of carbonyl (C=O) groups excluding carboxylic acids is 2. The molecule has 0 aromatic heterocycles. The molecule has 4 nitrogen and oxygen atoms in total. The van der Waals surface area contributed by atoms with Crippen LogP contribution in [0.15, 0.2) is 42.5 Å². The number of carbonyl (C=O) groups is 2. The van der Waals surface area contributed by atoms with E-state index in [1.807, 2.05) is 56.3 Å². The molecule has 1 aliphatic rings. The molecular formula is C20H21ClN2O2. The molecule has 25 heavy (non-hydrogen) atoms. The molecule has 5 heteroatoms. The summed E-state index contributed by atoms with van der Waals surface area (Å²) in [7, 11) is 0. The van der Waals surface area contributed by atoms with Crippen LogP contribution in [0.1, 0.15) is 28.4 Å². The van der Waals surface area contributed by atoms with E-state index in [2.05, 4.69) is 0 Å². The number of hydrogen-bond acceptors (Lipinski definition) is 2. The molecule has 0 radical (unpaired) electrons. The van der Waals surface area contributed by atoms with Gasteiger partial charge in [0.15, 0.2) is 0 Å². The predicted molar refractivity (Wildman–Crippen MR) is 100 cm³/mol. The highest BCUT2D eigenvalue weighted by molar-refractivity contribution is 6.31. The van der Waals surface area contributed by atoms with Crippen LogP contribution in [0.5, 0.6) is 0 Å². The van der Waals surface area contributed by atoms with Crippen LogP contribution in [0.4, 0.5) is 5.69 Å². The lowest BCUT2D eigenvalue weighted by Crippen LogP contribution is -2.58. The second kappa shape index (κ2) is 6.89. The zero-order valence-corrected chi connectivity index (χ0v) is 15.4. The van der Waals surface area contributed by atoms with Crippen molar-refractivity contribution < 1.29 is 9.59 Å². The summed E-state index contributed by atoms with van der Waals surface area (Å²) in [6, 6.07) is 12.5. The smallest absolute Gasteiger partial charge is 0.254 e. The quantitative estimate of drug-likeness (QED) is 0.820. The van der Waals surface area contributed by atoms with Gasteiger partial charge < -0.3 is 9.80 Å². The molecular weight excluding hydrogens is 336 g/mol. The lowest BCUT2D eigenvalue weighted by molar-refractivity contribution is -0.124. The highest BCUT2D eigenvalue weighted by Gasteiger charge is 2.36. The van der Waals surface area contributed by atoms with Crippen LogP contribution < -0.4 is 4.90 Å². The van der Waals surface area contributed by atoms with Crippen molar-refractivity contribution >= 4 is 29.1 Å². The Hall–Kier alpha value is -2.33. The summed E-state index contributed by atoms with van der Waals surface area (Å²) in [5.41, 5.74) is 3.26. The van der Waals surface area contributed by atoms with Crippen LogP contribution in [0.3, 0.4) is 0 Å². The van der Waals surface area contributed by atoms with Gasteiger partial charge in [0.25, 0.3) is 5.91 Å². The minimum Gasteiger partial charge on any atom is -0.325 e. The van der Waals surface area contributed by atoms with Gasteiger partial charge in [0.05, 0.1) is 0 Å². The molecule has 0 bridgehead atoms. The van der Waals surface area contributed by atoms with Gasteiger partial charge in [0.1, 0.15) is 6.04 Å². The highest BCUT2D eigenvalue weighted by atomic mass is 35.5. The van der Waals surface area contributed by atoms with Crippen molar-refractivity contribution in [2.45, 2.75) is 26.8 Å². The molecule has 0 unspecified atom stereocenters. The minimum absolute atomic E-state index is 0.0847. The molecule has 2 aromatic carbocycles. The van der Waals surface area contributed by atoms with E-state index >= 15 is 0 Å². The van der Waals surface area contributed by atoms with Gasteiger partial charge in [-0.25, -0.2) is 0 Å². The predicted octanol–water partition coefficient (Wildman–Crippen LogP) is 3.83. The molecule has 2 aromatic rings. The van der Waals surface area contributed by atoms with E-state index in [1.54, 1.807) is 16.7 Å². The number of piperazine rings is 1. The maximum atomic E-state index is 12.9. The fraction of sp³-hybridized carbons (Fsp3) is 0.300. The van der Waals surface area contributed by atoms with Gasteiger partial charge in [0.2, 0.25) is 5.91 Å². The van der Waals surface area contributed by atoms with Crippen LogP contribution >= 0.6 is 11.6 Å². The molecule has 1 atom stereocenters. The zero-order valence-electron chi connectivity index (χ0n) is 14.6. The zero-order chi connectivity index (χ0) is 18.1. The molecule has 0 saturated carbocycles. The topological polar surface area (TPSA) is 40.6 Å². The third kappa shape index (κ3) is 3.14. The molecule has 1 heterocycles. The Balaban J connectivity index is 1.86. The van der Waals surface area contributed by atoms with E-state index in [0.717, 1.165) is 16.8 Å². The molecule has 0 aliphatic carbocycles. The van der Waals surface area contributed by atoms with Gasteiger partial charge in [-0.2, -0.15) is 0 Å². The van der Waals surface area contributed by atoms with Crippen molar-refractivity contribution in [2.24, 2.45) is 0 Å². The first kappa shape index (κ1) is 17.5. The minimum atomic E-state index is -0.515. The second-order valence-electron chi connectivity index (χ2n) is 6.36. The standard InChI is InChI=1S/C20H21ClN2O2/c1-13-7-4-5-8-16(13)20(25)22-11-12-23(19(24)15(22)3)18-10-6-9-17(21)14(18)2/h4-10,15H,11-12H2,1-3H3/t15-/m0/s1. The maximum absolute atomic E-state index is 12.9. The molecule has 1 aliphatic heterocycles. The van der Waals surface area contributed by atoms with Crippen molar-refractivity contribution in [1.29, 1.82) is 0 Å². The first-order valence-electron chi connectivity index (χ1n) is 8.35. The first-order chi connectivity index (χ1) is 11.9. The summed E-state index contributed by atoms with van der Waals surface area (Å²) in [4.78, 5) is 29.2. The van der Waals surface area contributed by atoms with Gasteiger partial charge in [0, 0.05) is 29.4 Å². The molecule has 1 saturated heterocycles. The molecule has 0 spiro atoms. The highest BCUT2D eigenvalue weighted by Crippen LogP contribution is 2.29. The van der Waals surface area contributed by atoms with Crippen LogP contribution in [0.25, 0.3) is 0 Å². The fourth-order valence-corrected chi connectivity index (χ4v) is 3.41. The van der Waals surface area contributed by atoms with Crippen molar-refractivity contribution in [3.63, 3.8) is 0 Å². The van der Waals surface area contributed by atoms with Gasteiger partial charge in [-0.05, 0) is 50.1 Å². The van der Waals surface area contributed by atoms with Gasteiger partial charge >= 0.3 is 0 Å². The summed E-state index contributed by atoms with van der Waals surface area (Å²) < 4.78 is 0. The average Bonchev–Trinajstić information content (AvgIpc) is 2.60. The monoisotopic (exact) mass is 356 g/mol. The second-order valence-corrected chi connectivity index (χ2v) is 6.77. The van der Waals surface area contributed by atoms with Crippen molar-refractivity contribution in [2.75, 3.05) is 18.0 Å². The van der Waals surface area contributed by atoms with Gasteiger partial charge in [-0.15, -0.1) is 0 Å². The van der Waals surface area contributed by atoms with E-state index in [-0.39, 0.29) is 11.8 Å². The average molecular weight is 357 g/mol. The number of rotatable bonds is 2. The van der Waals surface area contributed by atoms with E-state index in [4.69, 9.17) is 11.6 Å². The normalized spacial score (nSPS) is 17.8. The Morgan fingerprint density at radius 2 is 1.80 bits per heavy atom. The molecule has 2 amide bonds. The Labute approximate surface area is 153 Å². The van der Waals surface area contributed by atoms with Crippen LogP contribution in [-0.2, 0) is 4.79 Å². The number of nitrogens with zero attached hydrogens (tertiary/aromatic N) is 2. The Bertz CT molecular complexity index is 834. The van der Waals surface area contributed by atoms with Crippen LogP contribution in [-0.4, -0.2) is 35.8 Å². The van der Waals surface area contributed by atoms with E-state index in [9.17, 15) is 9.59 Å². The van der Waals surface area contributed by atoms with Crippen molar-refractivity contribution in [3.8, 4) is 0 Å². The number of hydrogen-bond donors (Lipinski definition) is 0. The molecule has 3 rings (SSSR count). The first-order valence-corrected chi connectivity index (χ1v) is 8.72. The van der Waals surface area contributed by atoms with Gasteiger partial charge in [-0.1, -0.05) is 35.9 Å². The van der Waals surface area contributed by atoms with Crippen LogP contribution in [0.2, 0.25) is 5.02 Å². The Morgan fingerprint density at radius 1 is 1.08 bits per heavy atom. The summed E-state index contributed by atoms with van der Waals surface area (Å²) in [6.07, 6.45) is 0. The van der Waals surface area contributed by atoms with Crippen molar-refractivity contribution in [1.82, 2.24) is 4.90 Å². The number of benzene rings is 2. The Kier molecular flexibility index (Phi) is 4.82. The maximum Gasteiger partial charge on any atom is 0.254 e. The number of halogens is 1. The lowest BCUT2D eigenvalue weighted by Gasteiger charge is -2.39. The summed E-state index contributed by atoms with van der Waals surface area (Å²) in [6.45, 7) is 6.55. The number of amides is 2. The fourth-order valence-electron chi connectivity index (χ4n) is 3.24. The van der Waals surface area contributed by atoms with E-state index in [1.165, 1.54) is 0 Å². The van der Waals surface area contributed by atoms with Gasteiger partial charge in [-0.3, -0.25) is 9.59 Å². The Morgan fingerprint density at radius 3 is 2.52 bits per heavy atom. The summed E-state index contributed by atoms with van der Waals surface area (Å²) in [5, 5.41) is 0.636. The van der Waals surface area contributed by atoms with Crippen LogP contribution in [0, 0.1) is 13.8 Å². The molecule has 130 valence electrons. The largest absolute Gasteiger partial charge is 0.325 e. The summed E-state index contributed by atoms with van der Waals surface area (Å²) in [5.74, 6) is -0.181. The number of anilines is 1. The summed E-state index contributed by atoms with van der Waals surface area (Å²) >= 11 is 6.19. The van der Waals surface area contributed by atoms with E-state index in [0.29, 0.717) is 23.7 Å². The number of aryl methyl sites for hydroxylation is 1. The molecule has 0 N–H and O–H groups in total. The third-order valence-corrected chi connectivity index (χ3v) is 5.23. The third-order valence-electron chi connectivity index (χ3n) is 4.82. The molecule has 1 fully saturated rings.